The molecule has 2 N–H and O–H groups in total. The summed E-state index contributed by atoms with van der Waals surface area (Å²) in [6.45, 7) is 0. The van der Waals surface area contributed by atoms with Crippen LogP contribution in [0, 0.1) is 0 Å². The second kappa shape index (κ2) is 7.96. The monoisotopic (exact) mass is 331 g/mol. The molecule has 3 rings (SSSR count). The first-order valence-corrected chi connectivity index (χ1v) is 8.25. The van der Waals surface area contributed by atoms with E-state index in [0.29, 0.717) is 0 Å². The van der Waals surface area contributed by atoms with Crippen molar-refractivity contribution in [2.24, 2.45) is 0 Å². The van der Waals surface area contributed by atoms with Crippen LogP contribution in [-0.2, 0) is 6.42 Å². The predicted octanol–water partition coefficient (Wildman–Crippen LogP) is 4.21. The molecule has 124 valence electrons. The van der Waals surface area contributed by atoms with Crippen molar-refractivity contribution < 1.29 is 5.11 Å². The van der Waals surface area contributed by atoms with Crippen molar-refractivity contribution in [3.8, 4) is 11.1 Å². The Bertz CT molecular complexity index is 599. The molecule has 2 aromatic rings. The topological polar surface area (TPSA) is 32.3 Å². The molecular weight excluding hydrogens is 306 g/mol. The number of benzene rings is 2. The van der Waals surface area contributed by atoms with Gasteiger partial charge in [-0.1, -0.05) is 67.4 Å². The molecule has 1 aliphatic carbocycles. The molecule has 0 bridgehead atoms. The first-order chi connectivity index (χ1) is 10.7. The number of hydrogen-bond donors (Lipinski definition) is 2. The number of rotatable bonds is 4. The standard InChI is InChI=1S/C20H25NO.ClH/c1-21-19-9-5-6-14-20(19,22)15-16-10-12-18(13-11-16)17-7-3-2-4-8-17;/h2-4,7-8,10-13,19,21-22H,5-6,9,14-15H2,1H3;1H/t19-,20+;/m0./s1. The quantitative estimate of drug-likeness (QED) is 0.879. The minimum Gasteiger partial charge on any atom is -0.388 e. The van der Waals surface area contributed by atoms with E-state index in [2.05, 4.69) is 53.8 Å². The van der Waals surface area contributed by atoms with Crippen LogP contribution in [0.25, 0.3) is 11.1 Å². The molecule has 2 aromatic carbocycles. The van der Waals surface area contributed by atoms with Crippen LogP contribution >= 0.6 is 12.4 Å². The number of likely N-dealkylation sites (N-methyl/N-ethyl adjacent to an activating group) is 1. The molecule has 1 aliphatic rings. The van der Waals surface area contributed by atoms with Gasteiger partial charge in [0.2, 0.25) is 0 Å². The third kappa shape index (κ3) is 4.14. The summed E-state index contributed by atoms with van der Waals surface area (Å²) in [5.41, 5.74) is 3.06. The molecule has 1 saturated carbocycles. The molecule has 0 unspecified atom stereocenters. The van der Waals surface area contributed by atoms with E-state index < -0.39 is 5.60 Å². The fourth-order valence-electron chi connectivity index (χ4n) is 3.65. The summed E-state index contributed by atoms with van der Waals surface area (Å²) in [5.74, 6) is 0. The van der Waals surface area contributed by atoms with E-state index in [9.17, 15) is 5.11 Å². The Morgan fingerprint density at radius 1 is 1.00 bits per heavy atom. The van der Waals surface area contributed by atoms with E-state index in [1.54, 1.807) is 0 Å². The van der Waals surface area contributed by atoms with Crippen LogP contribution in [-0.4, -0.2) is 23.8 Å². The lowest BCUT2D eigenvalue weighted by molar-refractivity contribution is -0.0240. The van der Waals surface area contributed by atoms with Crippen molar-refractivity contribution in [3.05, 3.63) is 60.2 Å². The fraction of sp³-hybridized carbons (Fsp3) is 0.400. The van der Waals surface area contributed by atoms with Crippen LogP contribution in [0.5, 0.6) is 0 Å². The number of aliphatic hydroxyl groups is 1. The van der Waals surface area contributed by atoms with E-state index in [4.69, 9.17) is 0 Å². The van der Waals surface area contributed by atoms with Crippen molar-refractivity contribution in [2.45, 2.75) is 43.7 Å². The van der Waals surface area contributed by atoms with Gasteiger partial charge in [0.05, 0.1) is 5.60 Å². The maximum Gasteiger partial charge on any atom is 0.0840 e. The fourth-order valence-corrected chi connectivity index (χ4v) is 3.65. The van der Waals surface area contributed by atoms with Gasteiger partial charge >= 0.3 is 0 Å². The maximum absolute atomic E-state index is 11.0. The van der Waals surface area contributed by atoms with Gasteiger partial charge in [0, 0.05) is 12.5 Å². The first kappa shape index (κ1) is 18.0. The predicted molar refractivity (Wildman–Crippen MR) is 99.1 cm³/mol. The Labute approximate surface area is 145 Å². The molecule has 0 heterocycles. The van der Waals surface area contributed by atoms with Crippen LogP contribution in [0.1, 0.15) is 31.2 Å². The summed E-state index contributed by atoms with van der Waals surface area (Å²) < 4.78 is 0. The zero-order valence-corrected chi connectivity index (χ0v) is 14.5. The largest absolute Gasteiger partial charge is 0.388 e. The molecular formula is C20H26ClNO. The van der Waals surface area contributed by atoms with Gasteiger partial charge in [0.1, 0.15) is 0 Å². The SMILES string of the molecule is CN[C@H]1CCCC[C@@]1(O)Cc1ccc(-c2ccccc2)cc1.Cl. The Balaban J connectivity index is 0.00000192. The normalized spacial score (nSPS) is 24.0. The van der Waals surface area contributed by atoms with E-state index >= 15 is 0 Å². The third-order valence-electron chi connectivity index (χ3n) is 4.92. The zero-order valence-electron chi connectivity index (χ0n) is 13.7. The lowest BCUT2D eigenvalue weighted by Gasteiger charge is -2.40. The summed E-state index contributed by atoms with van der Waals surface area (Å²) in [6, 6.07) is 19.2. The van der Waals surface area contributed by atoms with Crippen LogP contribution in [0.3, 0.4) is 0 Å². The number of nitrogens with one attached hydrogen (secondary N) is 1. The highest BCUT2D eigenvalue weighted by atomic mass is 35.5. The second-order valence-corrected chi connectivity index (χ2v) is 6.43. The highest BCUT2D eigenvalue weighted by molar-refractivity contribution is 5.85. The van der Waals surface area contributed by atoms with E-state index in [1.807, 2.05) is 13.1 Å². The van der Waals surface area contributed by atoms with Crippen molar-refractivity contribution >= 4 is 12.4 Å². The average Bonchev–Trinajstić information content (AvgIpc) is 2.56. The maximum atomic E-state index is 11.0. The molecule has 0 radical (unpaired) electrons. The Morgan fingerprint density at radius 3 is 2.30 bits per heavy atom. The zero-order chi connectivity index (χ0) is 15.4. The average molecular weight is 332 g/mol. The van der Waals surface area contributed by atoms with Gasteiger partial charge < -0.3 is 10.4 Å². The third-order valence-corrected chi connectivity index (χ3v) is 4.92. The molecule has 2 nitrogen and oxygen atoms in total. The molecule has 2 atom stereocenters. The summed E-state index contributed by atoms with van der Waals surface area (Å²) in [5, 5.41) is 14.3. The molecule has 0 spiro atoms. The molecule has 0 amide bonds. The van der Waals surface area contributed by atoms with E-state index in [0.717, 1.165) is 25.7 Å². The van der Waals surface area contributed by atoms with E-state index in [-0.39, 0.29) is 18.4 Å². The minimum absolute atomic E-state index is 0. The lowest BCUT2D eigenvalue weighted by Crippen LogP contribution is -2.53. The summed E-state index contributed by atoms with van der Waals surface area (Å²) >= 11 is 0. The molecule has 1 fully saturated rings. The summed E-state index contributed by atoms with van der Waals surface area (Å²) in [7, 11) is 1.96. The highest BCUT2D eigenvalue weighted by Crippen LogP contribution is 2.32. The molecule has 3 heteroatoms. The van der Waals surface area contributed by atoms with E-state index in [1.165, 1.54) is 23.1 Å². The van der Waals surface area contributed by atoms with Crippen molar-refractivity contribution in [1.82, 2.24) is 5.32 Å². The van der Waals surface area contributed by atoms with Gasteiger partial charge in [-0.05, 0) is 36.6 Å². The Kier molecular flexibility index (Phi) is 6.23. The molecule has 0 aliphatic heterocycles. The van der Waals surface area contributed by atoms with Crippen LogP contribution in [0.2, 0.25) is 0 Å². The molecule has 23 heavy (non-hydrogen) atoms. The van der Waals surface area contributed by atoms with Crippen molar-refractivity contribution in [1.29, 1.82) is 0 Å². The number of hydrogen-bond acceptors (Lipinski definition) is 2. The number of halogens is 1. The van der Waals surface area contributed by atoms with Crippen LogP contribution < -0.4 is 5.32 Å². The van der Waals surface area contributed by atoms with Gasteiger partial charge in [-0.3, -0.25) is 0 Å². The smallest absolute Gasteiger partial charge is 0.0840 e. The van der Waals surface area contributed by atoms with Gasteiger partial charge in [-0.2, -0.15) is 0 Å². The first-order valence-electron chi connectivity index (χ1n) is 8.25. The lowest BCUT2D eigenvalue weighted by atomic mass is 9.76. The second-order valence-electron chi connectivity index (χ2n) is 6.43. The Morgan fingerprint density at radius 2 is 1.65 bits per heavy atom. The summed E-state index contributed by atoms with van der Waals surface area (Å²) in [6.07, 6.45) is 5.01. The summed E-state index contributed by atoms with van der Waals surface area (Å²) in [4.78, 5) is 0. The molecule has 0 saturated heterocycles. The van der Waals surface area contributed by atoms with Gasteiger partial charge in [0.15, 0.2) is 0 Å². The van der Waals surface area contributed by atoms with Crippen molar-refractivity contribution in [3.63, 3.8) is 0 Å². The van der Waals surface area contributed by atoms with Crippen molar-refractivity contribution in [2.75, 3.05) is 7.05 Å². The Hall–Kier alpha value is -1.35. The van der Waals surface area contributed by atoms with Crippen LogP contribution in [0.15, 0.2) is 54.6 Å². The van der Waals surface area contributed by atoms with Gasteiger partial charge in [-0.25, -0.2) is 0 Å². The minimum atomic E-state index is -0.610. The van der Waals surface area contributed by atoms with Crippen LogP contribution in [0.4, 0.5) is 0 Å². The van der Waals surface area contributed by atoms with Gasteiger partial charge in [-0.15, -0.1) is 12.4 Å². The molecule has 0 aromatic heterocycles. The highest BCUT2D eigenvalue weighted by Gasteiger charge is 2.37. The van der Waals surface area contributed by atoms with Gasteiger partial charge in [0.25, 0.3) is 0 Å².